The molecule has 0 N–H and O–H groups in total. The van der Waals surface area contributed by atoms with Gasteiger partial charge in [0.1, 0.15) is 7.05 Å². The Morgan fingerprint density at radius 2 is 1.63 bits per heavy atom. The minimum absolute atomic E-state index is 0. The lowest BCUT2D eigenvalue weighted by Crippen LogP contribution is -3.00. The van der Waals surface area contributed by atoms with Gasteiger partial charge in [-0.25, -0.2) is 4.79 Å². The standard InChI is InChI=1S/C15H13ClNO.ClH/c1-17(11-12-5-3-2-4-6-12)15(18)13-7-9-14(16)10-8-13;/h2-11H,1H3;1H/q+1;/p-1. The molecule has 2 aromatic rings. The van der Waals surface area contributed by atoms with Crippen LogP contribution in [0.5, 0.6) is 0 Å². The largest absolute Gasteiger partial charge is 1.00 e. The van der Waals surface area contributed by atoms with Gasteiger partial charge in [-0.2, -0.15) is 4.58 Å². The Labute approximate surface area is 123 Å². The first-order chi connectivity index (χ1) is 8.66. The van der Waals surface area contributed by atoms with Crippen molar-refractivity contribution >= 4 is 23.7 Å². The van der Waals surface area contributed by atoms with Gasteiger partial charge in [-0.15, -0.1) is 0 Å². The van der Waals surface area contributed by atoms with Crippen molar-refractivity contribution < 1.29 is 21.8 Å². The van der Waals surface area contributed by atoms with Gasteiger partial charge < -0.3 is 12.4 Å². The molecule has 0 aliphatic rings. The molecule has 1 amide bonds. The molecule has 0 aromatic heterocycles. The average Bonchev–Trinajstić information content (AvgIpc) is 2.40. The van der Waals surface area contributed by atoms with Crippen LogP contribution in [-0.4, -0.2) is 23.7 Å². The lowest BCUT2D eigenvalue weighted by molar-refractivity contribution is -0.388. The maximum Gasteiger partial charge on any atom is 0.419 e. The molecule has 2 nitrogen and oxygen atoms in total. The Balaban J connectivity index is 0.00000180. The van der Waals surface area contributed by atoms with Gasteiger partial charge in [0.25, 0.3) is 0 Å². The minimum Gasteiger partial charge on any atom is -1.00 e. The number of hydrogen-bond donors (Lipinski definition) is 0. The van der Waals surface area contributed by atoms with Crippen molar-refractivity contribution in [3.63, 3.8) is 0 Å². The van der Waals surface area contributed by atoms with E-state index in [2.05, 4.69) is 0 Å². The summed E-state index contributed by atoms with van der Waals surface area (Å²) in [6.07, 6.45) is 1.80. The van der Waals surface area contributed by atoms with Crippen LogP contribution in [0.3, 0.4) is 0 Å². The molecule has 2 aromatic carbocycles. The molecular formula is C15H13Cl2NO. The monoisotopic (exact) mass is 293 g/mol. The molecule has 0 aliphatic heterocycles. The van der Waals surface area contributed by atoms with Crippen LogP contribution in [0.15, 0.2) is 54.6 Å². The molecule has 98 valence electrons. The third kappa shape index (κ3) is 4.19. The van der Waals surface area contributed by atoms with Crippen LogP contribution in [0.1, 0.15) is 15.9 Å². The second-order valence-electron chi connectivity index (χ2n) is 3.96. The van der Waals surface area contributed by atoms with Gasteiger partial charge in [0.2, 0.25) is 0 Å². The van der Waals surface area contributed by atoms with E-state index < -0.39 is 0 Å². The van der Waals surface area contributed by atoms with Crippen molar-refractivity contribution in [3.8, 4) is 0 Å². The number of carbonyl (C=O) groups excluding carboxylic acids is 1. The Morgan fingerprint density at radius 1 is 1.05 bits per heavy atom. The van der Waals surface area contributed by atoms with E-state index in [-0.39, 0.29) is 18.3 Å². The highest BCUT2D eigenvalue weighted by Crippen LogP contribution is 2.10. The fraction of sp³-hybridized carbons (Fsp3) is 0.0667. The first-order valence-corrected chi connectivity index (χ1v) is 5.97. The second-order valence-corrected chi connectivity index (χ2v) is 4.40. The molecule has 0 atom stereocenters. The lowest BCUT2D eigenvalue weighted by atomic mass is 10.2. The molecule has 0 spiro atoms. The van der Waals surface area contributed by atoms with Crippen molar-refractivity contribution in [1.29, 1.82) is 0 Å². The van der Waals surface area contributed by atoms with Gasteiger partial charge in [-0.05, 0) is 36.4 Å². The molecular weight excluding hydrogens is 281 g/mol. The van der Waals surface area contributed by atoms with Crippen LogP contribution < -0.4 is 12.4 Å². The van der Waals surface area contributed by atoms with Gasteiger partial charge in [0.15, 0.2) is 6.21 Å². The number of hydrogen-bond acceptors (Lipinski definition) is 1. The summed E-state index contributed by atoms with van der Waals surface area (Å²) in [4.78, 5) is 12.1. The molecule has 0 heterocycles. The van der Waals surface area contributed by atoms with Gasteiger partial charge in [-0.1, -0.05) is 29.8 Å². The quantitative estimate of drug-likeness (QED) is 0.574. The highest BCUT2D eigenvalue weighted by Gasteiger charge is 2.15. The predicted octanol–water partition coefficient (Wildman–Crippen LogP) is 0.246. The van der Waals surface area contributed by atoms with E-state index in [9.17, 15) is 4.79 Å². The summed E-state index contributed by atoms with van der Waals surface area (Å²) in [5.74, 6) is -0.0597. The number of nitrogens with zero attached hydrogens (tertiary/aromatic N) is 1. The SMILES string of the molecule is C[N+](=Cc1ccccc1)C(=O)c1ccc(Cl)cc1.[Cl-]. The molecule has 0 saturated carbocycles. The van der Waals surface area contributed by atoms with E-state index in [1.165, 1.54) is 0 Å². The van der Waals surface area contributed by atoms with E-state index >= 15 is 0 Å². The Bertz CT molecular complexity index is 577. The van der Waals surface area contributed by atoms with Gasteiger partial charge in [-0.3, -0.25) is 0 Å². The third-order valence-electron chi connectivity index (χ3n) is 2.55. The highest BCUT2D eigenvalue weighted by molar-refractivity contribution is 6.30. The molecule has 0 radical (unpaired) electrons. The lowest BCUT2D eigenvalue weighted by Gasteiger charge is -1.97. The first kappa shape index (κ1) is 15.4. The summed E-state index contributed by atoms with van der Waals surface area (Å²) in [5, 5.41) is 0.626. The Hall–Kier alpha value is -1.64. The van der Waals surface area contributed by atoms with E-state index in [1.54, 1.807) is 42.1 Å². The van der Waals surface area contributed by atoms with E-state index in [0.29, 0.717) is 10.6 Å². The normalized spacial score (nSPS) is 10.7. The van der Waals surface area contributed by atoms with Crippen molar-refractivity contribution in [1.82, 2.24) is 0 Å². The summed E-state index contributed by atoms with van der Waals surface area (Å²) in [7, 11) is 1.74. The molecule has 2 rings (SSSR count). The molecule has 0 bridgehead atoms. The van der Waals surface area contributed by atoms with Crippen molar-refractivity contribution in [2.45, 2.75) is 0 Å². The summed E-state index contributed by atoms with van der Waals surface area (Å²) in [5.41, 5.74) is 1.61. The minimum atomic E-state index is -0.0597. The third-order valence-corrected chi connectivity index (χ3v) is 2.81. The summed E-state index contributed by atoms with van der Waals surface area (Å²) < 4.78 is 1.57. The number of rotatable bonds is 2. The number of benzene rings is 2. The molecule has 0 aliphatic carbocycles. The average molecular weight is 294 g/mol. The molecule has 0 unspecified atom stereocenters. The Kier molecular flexibility index (Phi) is 5.74. The zero-order chi connectivity index (χ0) is 13.0. The summed E-state index contributed by atoms with van der Waals surface area (Å²) in [6.45, 7) is 0. The maximum atomic E-state index is 12.1. The summed E-state index contributed by atoms with van der Waals surface area (Å²) >= 11 is 5.79. The van der Waals surface area contributed by atoms with Crippen molar-refractivity contribution in [3.05, 3.63) is 70.7 Å². The topological polar surface area (TPSA) is 20.1 Å². The number of carbonyl (C=O) groups is 1. The van der Waals surface area contributed by atoms with Crippen LogP contribution in [0, 0.1) is 0 Å². The zero-order valence-corrected chi connectivity index (χ0v) is 11.9. The molecule has 19 heavy (non-hydrogen) atoms. The number of halogens is 2. The van der Waals surface area contributed by atoms with Crippen LogP contribution in [0.2, 0.25) is 5.02 Å². The van der Waals surface area contributed by atoms with Gasteiger partial charge in [0.05, 0.1) is 5.56 Å². The van der Waals surface area contributed by atoms with E-state index in [4.69, 9.17) is 11.6 Å². The van der Waals surface area contributed by atoms with Crippen LogP contribution in [-0.2, 0) is 0 Å². The van der Waals surface area contributed by atoms with Crippen LogP contribution in [0.4, 0.5) is 0 Å². The maximum absolute atomic E-state index is 12.1. The smallest absolute Gasteiger partial charge is 0.419 e. The van der Waals surface area contributed by atoms with Gasteiger partial charge >= 0.3 is 5.91 Å². The molecule has 4 heteroatoms. The first-order valence-electron chi connectivity index (χ1n) is 5.59. The Morgan fingerprint density at radius 3 is 2.21 bits per heavy atom. The fourth-order valence-electron chi connectivity index (χ4n) is 1.62. The van der Waals surface area contributed by atoms with Crippen LogP contribution in [0.25, 0.3) is 0 Å². The second kappa shape index (κ2) is 7.07. The van der Waals surface area contributed by atoms with E-state index in [1.807, 2.05) is 30.3 Å². The zero-order valence-electron chi connectivity index (χ0n) is 10.4. The number of amides is 1. The van der Waals surface area contributed by atoms with Gasteiger partial charge in [0, 0.05) is 10.6 Å². The van der Waals surface area contributed by atoms with E-state index in [0.717, 1.165) is 5.56 Å². The van der Waals surface area contributed by atoms with Crippen molar-refractivity contribution in [2.75, 3.05) is 7.05 Å². The molecule has 0 fully saturated rings. The molecule has 0 saturated heterocycles. The fourth-order valence-corrected chi connectivity index (χ4v) is 1.74. The van der Waals surface area contributed by atoms with Crippen molar-refractivity contribution in [2.24, 2.45) is 0 Å². The summed E-state index contributed by atoms with van der Waals surface area (Å²) in [6, 6.07) is 16.6. The predicted molar refractivity (Wildman–Crippen MR) is 73.6 cm³/mol. The van der Waals surface area contributed by atoms with Crippen LogP contribution >= 0.6 is 11.6 Å². The highest BCUT2D eigenvalue weighted by atomic mass is 35.5.